The van der Waals surface area contributed by atoms with Gasteiger partial charge in [-0.3, -0.25) is 0 Å². The van der Waals surface area contributed by atoms with Crippen molar-refractivity contribution in [1.29, 1.82) is 0 Å². The summed E-state index contributed by atoms with van der Waals surface area (Å²) < 4.78 is 18.8. The van der Waals surface area contributed by atoms with Gasteiger partial charge in [-0.05, 0) is 23.6 Å². The third-order valence-electron chi connectivity index (χ3n) is 2.37. The van der Waals surface area contributed by atoms with Crippen molar-refractivity contribution in [1.82, 2.24) is 20.6 Å². The first kappa shape index (κ1) is 11.5. The summed E-state index contributed by atoms with van der Waals surface area (Å²) in [6.07, 6.45) is 0. The molecule has 0 unspecified atom stereocenters. The number of halogens is 1. The summed E-state index contributed by atoms with van der Waals surface area (Å²) in [4.78, 5) is 0. The molecule has 6 heteroatoms. The highest BCUT2D eigenvalue weighted by atomic mass is 19.1. The van der Waals surface area contributed by atoms with E-state index in [4.69, 9.17) is 4.74 Å². The monoisotopic (exact) mass is 236 g/mol. The van der Waals surface area contributed by atoms with Crippen LogP contribution in [-0.2, 0) is 6.61 Å². The van der Waals surface area contributed by atoms with E-state index >= 15 is 0 Å². The summed E-state index contributed by atoms with van der Waals surface area (Å²) in [6.45, 7) is 4.17. The van der Waals surface area contributed by atoms with Gasteiger partial charge in [0.25, 0.3) is 0 Å². The number of aromatic amines is 1. The highest BCUT2D eigenvalue weighted by Gasteiger charge is 2.08. The minimum atomic E-state index is -0.391. The Morgan fingerprint density at radius 1 is 1.41 bits per heavy atom. The maximum absolute atomic E-state index is 13.5. The predicted molar refractivity (Wildman–Crippen MR) is 59.0 cm³/mol. The summed E-state index contributed by atoms with van der Waals surface area (Å²) in [5.41, 5.74) is 1.02. The van der Waals surface area contributed by atoms with Crippen LogP contribution in [0, 0.1) is 5.82 Å². The van der Waals surface area contributed by atoms with Crippen LogP contribution in [-0.4, -0.2) is 20.6 Å². The second-order valence-electron chi connectivity index (χ2n) is 3.96. The normalized spacial score (nSPS) is 10.8. The number of aromatic nitrogens is 4. The van der Waals surface area contributed by atoms with Crippen LogP contribution in [0.15, 0.2) is 18.2 Å². The van der Waals surface area contributed by atoms with Gasteiger partial charge in [0.1, 0.15) is 0 Å². The second kappa shape index (κ2) is 4.90. The third-order valence-corrected chi connectivity index (χ3v) is 2.37. The number of nitrogens with one attached hydrogen (secondary N) is 1. The Morgan fingerprint density at radius 3 is 2.88 bits per heavy atom. The molecule has 0 saturated heterocycles. The van der Waals surface area contributed by atoms with Gasteiger partial charge in [0, 0.05) is 0 Å². The summed E-state index contributed by atoms with van der Waals surface area (Å²) in [7, 11) is 0. The van der Waals surface area contributed by atoms with E-state index in [9.17, 15) is 4.39 Å². The van der Waals surface area contributed by atoms with Gasteiger partial charge in [0.05, 0.1) is 0 Å². The number of tetrazole rings is 1. The lowest BCUT2D eigenvalue weighted by Gasteiger charge is -2.09. The largest absolute Gasteiger partial charge is 0.482 e. The van der Waals surface area contributed by atoms with Gasteiger partial charge < -0.3 is 4.74 Å². The van der Waals surface area contributed by atoms with E-state index in [0.29, 0.717) is 11.7 Å². The fourth-order valence-corrected chi connectivity index (χ4v) is 1.38. The van der Waals surface area contributed by atoms with Crippen molar-refractivity contribution in [3.8, 4) is 5.75 Å². The van der Waals surface area contributed by atoms with Gasteiger partial charge in [0.2, 0.25) is 5.82 Å². The van der Waals surface area contributed by atoms with Crippen LogP contribution in [0.5, 0.6) is 5.75 Å². The van der Waals surface area contributed by atoms with Crippen molar-refractivity contribution in [3.05, 3.63) is 35.4 Å². The number of hydrogen-bond donors (Lipinski definition) is 1. The summed E-state index contributed by atoms with van der Waals surface area (Å²) in [5, 5.41) is 13.1. The van der Waals surface area contributed by atoms with Crippen molar-refractivity contribution in [2.24, 2.45) is 0 Å². The number of nitrogens with zero attached hydrogens (tertiary/aromatic N) is 3. The molecule has 2 aromatic rings. The van der Waals surface area contributed by atoms with Gasteiger partial charge in [0.15, 0.2) is 18.2 Å². The Hall–Kier alpha value is -1.98. The van der Waals surface area contributed by atoms with Gasteiger partial charge in [-0.25, -0.2) is 4.39 Å². The SMILES string of the molecule is CC(C)c1ccc(F)c(OCc2nn[nH]n2)c1. The smallest absolute Gasteiger partial charge is 0.211 e. The Balaban J connectivity index is 2.11. The van der Waals surface area contributed by atoms with Crippen LogP contribution in [0.1, 0.15) is 31.2 Å². The Labute approximate surface area is 98.0 Å². The van der Waals surface area contributed by atoms with Gasteiger partial charge >= 0.3 is 0 Å². The molecule has 0 aliphatic rings. The molecule has 17 heavy (non-hydrogen) atoms. The molecular weight excluding hydrogens is 223 g/mol. The first-order valence-corrected chi connectivity index (χ1v) is 5.31. The fraction of sp³-hybridized carbons (Fsp3) is 0.364. The standard InChI is InChI=1S/C11H13FN4O/c1-7(2)8-3-4-9(12)10(5-8)17-6-11-13-15-16-14-11/h3-5,7H,6H2,1-2H3,(H,13,14,15,16). The van der Waals surface area contributed by atoms with E-state index in [1.807, 2.05) is 13.8 Å². The zero-order valence-electron chi connectivity index (χ0n) is 9.64. The van der Waals surface area contributed by atoms with Gasteiger partial charge in [-0.1, -0.05) is 25.1 Å². The van der Waals surface area contributed by atoms with Crippen LogP contribution in [0.4, 0.5) is 4.39 Å². The lowest BCUT2D eigenvalue weighted by molar-refractivity contribution is 0.280. The molecule has 2 rings (SSSR count). The van der Waals surface area contributed by atoms with Crippen molar-refractivity contribution < 1.29 is 9.13 Å². The molecule has 0 radical (unpaired) electrons. The molecule has 0 saturated carbocycles. The van der Waals surface area contributed by atoms with Crippen molar-refractivity contribution in [2.45, 2.75) is 26.4 Å². The molecule has 0 spiro atoms. The molecule has 90 valence electrons. The molecule has 0 aliphatic heterocycles. The summed E-state index contributed by atoms with van der Waals surface area (Å²) in [5.74, 6) is 0.529. The minimum absolute atomic E-state index is 0.0922. The zero-order valence-corrected chi connectivity index (χ0v) is 9.64. The summed E-state index contributed by atoms with van der Waals surface area (Å²) in [6, 6.07) is 4.85. The van der Waals surface area contributed by atoms with E-state index in [-0.39, 0.29) is 12.4 Å². The number of hydrogen-bond acceptors (Lipinski definition) is 4. The fourth-order valence-electron chi connectivity index (χ4n) is 1.38. The average Bonchev–Trinajstić information content (AvgIpc) is 2.80. The molecule has 0 amide bonds. The van der Waals surface area contributed by atoms with E-state index in [2.05, 4.69) is 20.6 Å². The van der Waals surface area contributed by atoms with Crippen LogP contribution < -0.4 is 4.74 Å². The van der Waals surface area contributed by atoms with Crippen LogP contribution in [0.3, 0.4) is 0 Å². The second-order valence-corrected chi connectivity index (χ2v) is 3.96. The van der Waals surface area contributed by atoms with E-state index in [0.717, 1.165) is 5.56 Å². The van der Waals surface area contributed by atoms with Gasteiger partial charge in [-0.15, -0.1) is 10.2 Å². The summed E-state index contributed by atoms with van der Waals surface area (Å²) >= 11 is 0. The topological polar surface area (TPSA) is 63.7 Å². The maximum Gasteiger partial charge on any atom is 0.211 e. The van der Waals surface area contributed by atoms with Gasteiger partial charge in [-0.2, -0.15) is 5.21 Å². The van der Waals surface area contributed by atoms with Crippen molar-refractivity contribution in [3.63, 3.8) is 0 Å². The van der Waals surface area contributed by atoms with Crippen LogP contribution >= 0.6 is 0 Å². The molecule has 0 aliphatic carbocycles. The molecule has 1 N–H and O–H groups in total. The highest BCUT2D eigenvalue weighted by molar-refractivity contribution is 5.31. The van der Waals surface area contributed by atoms with E-state index in [1.165, 1.54) is 6.07 Å². The predicted octanol–water partition coefficient (Wildman–Crippen LogP) is 2.04. The molecule has 1 aromatic carbocycles. The molecule has 0 atom stereocenters. The Bertz CT molecular complexity index is 484. The number of ether oxygens (including phenoxy) is 1. The molecular formula is C11H13FN4O. The molecule has 5 nitrogen and oxygen atoms in total. The lowest BCUT2D eigenvalue weighted by atomic mass is 10.0. The van der Waals surface area contributed by atoms with Crippen LogP contribution in [0.25, 0.3) is 0 Å². The number of rotatable bonds is 4. The van der Waals surface area contributed by atoms with E-state index in [1.54, 1.807) is 12.1 Å². The van der Waals surface area contributed by atoms with Crippen molar-refractivity contribution >= 4 is 0 Å². The van der Waals surface area contributed by atoms with E-state index < -0.39 is 5.82 Å². The molecule has 0 fully saturated rings. The third kappa shape index (κ3) is 2.77. The maximum atomic E-state index is 13.5. The quantitative estimate of drug-likeness (QED) is 0.882. The Kier molecular flexibility index (Phi) is 3.32. The molecule has 0 bridgehead atoms. The van der Waals surface area contributed by atoms with Crippen LogP contribution in [0.2, 0.25) is 0 Å². The molecule has 1 aromatic heterocycles. The first-order valence-electron chi connectivity index (χ1n) is 5.31. The molecule has 1 heterocycles. The number of benzene rings is 1. The lowest BCUT2D eigenvalue weighted by Crippen LogP contribution is -2.00. The zero-order chi connectivity index (χ0) is 12.3. The Morgan fingerprint density at radius 2 is 2.24 bits per heavy atom. The van der Waals surface area contributed by atoms with Crippen molar-refractivity contribution in [2.75, 3.05) is 0 Å². The number of H-pyrrole nitrogens is 1. The minimum Gasteiger partial charge on any atom is -0.482 e. The first-order chi connectivity index (χ1) is 8.16. The average molecular weight is 236 g/mol. The highest BCUT2D eigenvalue weighted by Crippen LogP contribution is 2.24.